The van der Waals surface area contributed by atoms with Gasteiger partial charge in [0, 0.05) is 4.90 Å². The fraction of sp³-hybridized carbons (Fsp3) is 0.267. The number of rotatable bonds is 4. The lowest BCUT2D eigenvalue weighted by Gasteiger charge is -2.10. The van der Waals surface area contributed by atoms with Crippen molar-refractivity contribution in [1.82, 2.24) is 0 Å². The predicted octanol–water partition coefficient (Wildman–Crippen LogP) is 4.23. The molecule has 1 heterocycles. The SMILES string of the molecule is COC(=O)c1ccc(C(C)Sc2ccccc2C)o1. The lowest BCUT2D eigenvalue weighted by molar-refractivity contribution is 0.0563. The Hall–Kier alpha value is -1.68. The monoisotopic (exact) mass is 276 g/mol. The van der Waals surface area contributed by atoms with Gasteiger partial charge in [-0.2, -0.15) is 0 Å². The Labute approximate surface area is 117 Å². The number of esters is 1. The molecule has 4 heteroatoms. The lowest BCUT2D eigenvalue weighted by Crippen LogP contribution is -1.98. The fourth-order valence-corrected chi connectivity index (χ4v) is 2.75. The van der Waals surface area contributed by atoms with E-state index in [9.17, 15) is 4.79 Å². The van der Waals surface area contributed by atoms with Crippen LogP contribution >= 0.6 is 11.8 Å². The molecule has 0 radical (unpaired) electrons. The molecule has 1 aromatic carbocycles. The Kier molecular flexibility index (Phi) is 4.32. The maximum atomic E-state index is 11.3. The molecule has 0 aliphatic heterocycles. The first kappa shape index (κ1) is 13.7. The van der Waals surface area contributed by atoms with Gasteiger partial charge in [0.15, 0.2) is 0 Å². The molecule has 0 spiro atoms. The topological polar surface area (TPSA) is 39.4 Å². The highest BCUT2D eigenvalue weighted by molar-refractivity contribution is 7.99. The molecule has 0 fully saturated rings. The van der Waals surface area contributed by atoms with E-state index in [1.807, 2.05) is 18.2 Å². The Morgan fingerprint density at radius 1 is 1.26 bits per heavy atom. The van der Waals surface area contributed by atoms with Crippen LogP contribution in [0.2, 0.25) is 0 Å². The van der Waals surface area contributed by atoms with Gasteiger partial charge in [0.2, 0.25) is 5.76 Å². The number of benzene rings is 1. The van der Waals surface area contributed by atoms with E-state index in [-0.39, 0.29) is 11.0 Å². The van der Waals surface area contributed by atoms with Crippen LogP contribution in [0.4, 0.5) is 0 Å². The zero-order valence-corrected chi connectivity index (χ0v) is 12.0. The van der Waals surface area contributed by atoms with Gasteiger partial charge < -0.3 is 9.15 Å². The van der Waals surface area contributed by atoms with Crippen molar-refractivity contribution in [3.63, 3.8) is 0 Å². The fourth-order valence-electron chi connectivity index (χ4n) is 1.72. The van der Waals surface area contributed by atoms with Crippen molar-refractivity contribution in [1.29, 1.82) is 0 Å². The maximum Gasteiger partial charge on any atom is 0.373 e. The molecule has 1 atom stereocenters. The molecular weight excluding hydrogens is 260 g/mol. The summed E-state index contributed by atoms with van der Waals surface area (Å²) in [5.41, 5.74) is 1.24. The van der Waals surface area contributed by atoms with Crippen LogP contribution in [0.3, 0.4) is 0 Å². The van der Waals surface area contributed by atoms with Gasteiger partial charge in [-0.05, 0) is 37.6 Å². The van der Waals surface area contributed by atoms with Gasteiger partial charge in [0.25, 0.3) is 0 Å². The van der Waals surface area contributed by atoms with E-state index < -0.39 is 5.97 Å². The van der Waals surface area contributed by atoms with E-state index in [0.717, 1.165) is 5.76 Å². The summed E-state index contributed by atoms with van der Waals surface area (Å²) in [7, 11) is 1.34. The molecule has 1 aromatic heterocycles. The molecule has 0 bridgehead atoms. The Morgan fingerprint density at radius 2 is 2.00 bits per heavy atom. The zero-order valence-electron chi connectivity index (χ0n) is 11.2. The average molecular weight is 276 g/mol. The molecule has 0 saturated heterocycles. The molecule has 1 unspecified atom stereocenters. The maximum absolute atomic E-state index is 11.3. The Balaban J connectivity index is 2.12. The van der Waals surface area contributed by atoms with Gasteiger partial charge in [-0.1, -0.05) is 18.2 Å². The van der Waals surface area contributed by atoms with E-state index in [1.54, 1.807) is 17.8 Å². The van der Waals surface area contributed by atoms with E-state index in [0.29, 0.717) is 0 Å². The van der Waals surface area contributed by atoms with Crippen molar-refractivity contribution in [2.75, 3.05) is 7.11 Å². The second-order valence-corrected chi connectivity index (χ2v) is 5.60. The molecule has 0 aliphatic carbocycles. The summed E-state index contributed by atoms with van der Waals surface area (Å²) in [5, 5.41) is 0.138. The number of hydrogen-bond donors (Lipinski definition) is 0. The largest absolute Gasteiger partial charge is 0.463 e. The van der Waals surface area contributed by atoms with Gasteiger partial charge in [0.1, 0.15) is 5.76 Å². The van der Waals surface area contributed by atoms with Gasteiger partial charge in [-0.25, -0.2) is 4.79 Å². The summed E-state index contributed by atoms with van der Waals surface area (Å²) in [6, 6.07) is 11.7. The molecule has 3 nitrogen and oxygen atoms in total. The van der Waals surface area contributed by atoms with Gasteiger partial charge in [-0.3, -0.25) is 0 Å². The standard InChI is InChI=1S/C15H16O3S/c1-10-6-4-5-7-14(10)19-11(2)12-8-9-13(18-12)15(16)17-3/h4-9,11H,1-3H3. The summed E-state index contributed by atoms with van der Waals surface area (Å²) in [6.07, 6.45) is 0. The first-order chi connectivity index (χ1) is 9.11. The quantitative estimate of drug-likeness (QED) is 0.619. The van der Waals surface area contributed by atoms with Crippen molar-refractivity contribution in [2.24, 2.45) is 0 Å². The van der Waals surface area contributed by atoms with E-state index >= 15 is 0 Å². The number of carbonyl (C=O) groups is 1. The highest BCUT2D eigenvalue weighted by atomic mass is 32.2. The minimum absolute atomic E-state index is 0.138. The average Bonchev–Trinajstić information content (AvgIpc) is 2.90. The third-order valence-electron chi connectivity index (χ3n) is 2.81. The van der Waals surface area contributed by atoms with Crippen LogP contribution in [-0.2, 0) is 4.74 Å². The number of aryl methyl sites for hydroxylation is 1. The number of furan rings is 1. The van der Waals surface area contributed by atoms with Crippen LogP contribution < -0.4 is 0 Å². The number of carbonyl (C=O) groups excluding carboxylic acids is 1. The summed E-state index contributed by atoms with van der Waals surface area (Å²) in [6.45, 7) is 4.13. The molecule has 0 aliphatic rings. The summed E-state index contributed by atoms with van der Waals surface area (Å²) in [5.74, 6) is 0.572. The smallest absolute Gasteiger partial charge is 0.373 e. The summed E-state index contributed by atoms with van der Waals surface area (Å²) < 4.78 is 10.1. The molecule has 0 saturated carbocycles. The first-order valence-corrected chi connectivity index (χ1v) is 6.90. The zero-order chi connectivity index (χ0) is 13.8. The Morgan fingerprint density at radius 3 is 2.68 bits per heavy atom. The second kappa shape index (κ2) is 5.97. The molecule has 100 valence electrons. The van der Waals surface area contributed by atoms with Crippen LogP contribution in [0.1, 0.15) is 34.1 Å². The minimum atomic E-state index is -0.445. The number of methoxy groups -OCH3 is 1. The third kappa shape index (κ3) is 3.20. The molecular formula is C15H16O3S. The van der Waals surface area contributed by atoms with Crippen molar-refractivity contribution >= 4 is 17.7 Å². The van der Waals surface area contributed by atoms with E-state index in [2.05, 4.69) is 30.7 Å². The molecule has 19 heavy (non-hydrogen) atoms. The van der Waals surface area contributed by atoms with Gasteiger partial charge >= 0.3 is 5.97 Å². The molecule has 0 amide bonds. The van der Waals surface area contributed by atoms with Crippen LogP contribution in [0.5, 0.6) is 0 Å². The van der Waals surface area contributed by atoms with E-state index in [4.69, 9.17) is 4.42 Å². The van der Waals surface area contributed by atoms with Crippen LogP contribution in [-0.4, -0.2) is 13.1 Å². The number of ether oxygens (including phenoxy) is 1. The van der Waals surface area contributed by atoms with Crippen molar-refractivity contribution in [3.8, 4) is 0 Å². The van der Waals surface area contributed by atoms with Crippen molar-refractivity contribution in [2.45, 2.75) is 24.0 Å². The first-order valence-electron chi connectivity index (χ1n) is 6.02. The summed E-state index contributed by atoms with van der Waals surface area (Å²) >= 11 is 1.71. The summed E-state index contributed by atoms with van der Waals surface area (Å²) in [4.78, 5) is 12.6. The Bertz CT molecular complexity index is 574. The van der Waals surface area contributed by atoms with Crippen LogP contribution in [0, 0.1) is 6.92 Å². The number of hydrogen-bond acceptors (Lipinski definition) is 4. The minimum Gasteiger partial charge on any atom is -0.463 e. The van der Waals surface area contributed by atoms with Gasteiger partial charge in [-0.15, -0.1) is 11.8 Å². The predicted molar refractivity (Wildman–Crippen MR) is 75.5 cm³/mol. The second-order valence-electron chi connectivity index (χ2n) is 4.22. The molecule has 2 aromatic rings. The lowest BCUT2D eigenvalue weighted by atomic mass is 10.2. The van der Waals surface area contributed by atoms with Crippen LogP contribution in [0.25, 0.3) is 0 Å². The highest BCUT2D eigenvalue weighted by Gasteiger charge is 2.16. The normalized spacial score (nSPS) is 12.2. The van der Waals surface area contributed by atoms with Crippen molar-refractivity contribution < 1.29 is 13.9 Å². The highest BCUT2D eigenvalue weighted by Crippen LogP contribution is 2.36. The van der Waals surface area contributed by atoms with E-state index in [1.165, 1.54) is 17.6 Å². The van der Waals surface area contributed by atoms with Crippen LogP contribution in [0.15, 0.2) is 45.7 Å². The third-order valence-corrected chi connectivity index (χ3v) is 4.11. The van der Waals surface area contributed by atoms with Crippen molar-refractivity contribution in [3.05, 3.63) is 53.5 Å². The molecule has 0 N–H and O–H groups in total. The van der Waals surface area contributed by atoms with Gasteiger partial charge in [0.05, 0.1) is 12.4 Å². The number of thioether (sulfide) groups is 1. The molecule has 2 rings (SSSR count).